The van der Waals surface area contributed by atoms with Crippen LogP contribution < -0.4 is 0 Å². The van der Waals surface area contributed by atoms with Gasteiger partial charge in [0, 0.05) is 19.3 Å². The molecule has 1 atom stereocenters. The first-order chi connectivity index (χ1) is 8.87. The fourth-order valence-electron chi connectivity index (χ4n) is 3.10. The molecule has 0 spiro atoms. The third kappa shape index (κ3) is 3.16. The molecule has 0 amide bonds. The Morgan fingerprint density at radius 3 is 2.58 bits per heavy atom. The molecule has 3 fully saturated rings. The highest BCUT2D eigenvalue weighted by atomic mass is 32.2. The molecule has 19 heavy (non-hydrogen) atoms. The van der Waals surface area contributed by atoms with Crippen molar-refractivity contribution < 1.29 is 4.21 Å². The van der Waals surface area contributed by atoms with Gasteiger partial charge in [-0.3, -0.25) is 4.90 Å². The summed E-state index contributed by atoms with van der Waals surface area (Å²) in [5, 5.41) is 0. The molecule has 0 aromatic heterocycles. The predicted octanol–water partition coefficient (Wildman–Crippen LogP) is 2.95. The molecule has 4 heteroatoms. The largest absolute Gasteiger partial charge is 0.289 e. The summed E-state index contributed by atoms with van der Waals surface area (Å²) in [5.41, 5.74) is 0.0316. The minimum atomic E-state index is -1.15. The lowest BCUT2D eigenvalue weighted by molar-refractivity contribution is 0.0234. The van der Waals surface area contributed by atoms with Crippen LogP contribution in [-0.4, -0.2) is 38.7 Å². The van der Waals surface area contributed by atoms with Crippen LogP contribution in [-0.2, 0) is 11.0 Å². The highest BCUT2D eigenvalue weighted by Gasteiger charge is 2.44. The summed E-state index contributed by atoms with van der Waals surface area (Å²) in [6, 6.07) is 0. The molecule has 0 aromatic rings. The fraction of sp³-hybridized carbons (Fsp3) is 0.800. The van der Waals surface area contributed by atoms with Crippen molar-refractivity contribution in [3.05, 3.63) is 12.7 Å². The molecular formula is C15H26N2OS. The Morgan fingerprint density at radius 2 is 2.05 bits per heavy atom. The van der Waals surface area contributed by atoms with Crippen LogP contribution in [0.3, 0.4) is 0 Å². The number of fused-ring (bicyclic) bond motifs is 3. The summed E-state index contributed by atoms with van der Waals surface area (Å²) in [4.78, 5) is 2.47. The van der Waals surface area contributed by atoms with Gasteiger partial charge in [-0.2, -0.15) is 4.40 Å². The van der Waals surface area contributed by atoms with Crippen LogP contribution in [0.15, 0.2) is 17.1 Å². The van der Waals surface area contributed by atoms with E-state index in [-0.39, 0.29) is 10.3 Å². The van der Waals surface area contributed by atoms with Gasteiger partial charge in [-0.1, -0.05) is 6.08 Å². The van der Waals surface area contributed by atoms with Crippen LogP contribution in [0.5, 0.6) is 0 Å². The van der Waals surface area contributed by atoms with Crippen LogP contribution in [0.1, 0.15) is 46.5 Å². The van der Waals surface area contributed by atoms with Crippen LogP contribution in [0.2, 0.25) is 0 Å². The lowest BCUT2D eigenvalue weighted by atomic mass is 9.71. The summed E-state index contributed by atoms with van der Waals surface area (Å²) >= 11 is 0. The molecule has 2 heterocycles. The number of rotatable bonds is 4. The molecule has 2 bridgehead atoms. The van der Waals surface area contributed by atoms with E-state index >= 15 is 0 Å². The Balaban J connectivity index is 2.16. The molecule has 3 rings (SSSR count). The molecule has 0 aromatic carbocycles. The Labute approximate surface area is 119 Å². The maximum atomic E-state index is 12.1. The third-order valence-corrected chi connectivity index (χ3v) is 5.69. The second kappa shape index (κ2) is 5.49. The van der Waals surface area contributed by atoms with Crippen molar-refractivity contribution in [2.24, 2.45) is 10.3 Å². The lowest BCUT2D eigenvalue weighted by Crippen LogP contribution is -2.59. The van der Waals surface area contributed by atoms with E-state index < -0.39 is 11.0 Å². The first-order valence-corrected chi connectivity index (χ1v) is 8.31. The fourth-order valence-corrected chi connectivity index (χ4v) is 3.70. The highest BCUT2D eigenvalue weighted by Crippen LogP contribution is 2.42. The zero-order valence-electron chi connectivity index (χ0n) is 12.4. The molecular weight excluding hydrogens is 256 g/mol. The minimum Gasteiger partial charge on any atom is -0.289 e. The van der Waals surface area contributed by atoms with Crippen LogP contribution >= 0.6 is 0 Å². The topological polar surface area (TPSA) is 32.7 Å². The first kappa shape index (κ1) is 14.9. The summed E-state index contributed by atoms with van der Waals surface area (Å²) in [6.45, 7) is 11.8. The van der Waals surface area contributed by atoms with Crippen LogP contribution in [0.25, 0.3) is 0 Å². The van der Waals surface area contributed by atoms with Gasteiger partial charge in [0.1, 0.15) is 11.0 Å². The smallest absolute Gasteiger partial charge is 0.144 e. The number of hydrogen-bond acceptors (Lipinski definition) is 2. The SMILES string of the molecule is C=CCN1CC2CCC1(/C=N/S(=O)C(C)(C)C)CC2. The van der Waals surface area contributed by atoms with E-state index in [1.54, 1.807) is 0 Å². The van der Waals surface area contributed by atoms with Gasteiger partial charge in [0.15, 0.2) is 0 Å². The number of hydrogen-bond donors (Lipinski definition) is 0. The van der Waals surface area contributed by atoms with Gasteiger partial charge in [-0.15, -0.1) is 6.58 Å². The molecule has 0 N–H and O–H groups in total. The monoisotopic (exact) mass is 282 g/mol. The molecule has 3 aliphatic rings. The van der Waals surface area contributed by atoms with Gasteiger partial charge in [-0.25, -0.2) is 4.21 Å². The van der Waals surface area contributed by atoms with Crippen molar-refractivity contribution >= 4 is 17.2 Å². The van der Waals surface area contributed by atoms with Gasteiger partial charge in [0.2, 0.25) is 0 Å². The van der Waals surface area contributed by atoms with E-state index in [0.29, 0.717) is 0 Å². The first-order valence-electron chi connectivity index (χ1n) is 7.20. The van der Waals surface area contributed by atoms with E-state index in [4.69, 9.17) is 0 Å². The van der Waals surface area contributed by atoms with E-state index in [0.717, 1.165) is 31.8 Å². The Hall–Kier alpha value is -0.480. The van der Waals surface area contributed by atoms with Gasteiger partial charge >= 0.3 is 0 Å². The van der Waals surface area contributed by atoms with Crippen molar-refractivity contribution in [3.8, 4) is 0 Å². The maximum absolute atomic E-state index is 12.1. The van der Waals surface area contributed by atoms with Crippen molar-refractivity contribution in [1.82, 2.24) is 4.90 Å². The van der Waals surface area contributed by atoms with Crippen molar-refractivity contribution in [3.63, 3.8) is 0 Å². The molecule has 1 saturated carbocycles. The maximum Gasteiger partial charge on any atom is 0.144 e. The van der Waals surface area contributed by atoms with Gasteiger partial charge in [0.25, 0.3) is 0 Å². The van der Waals surface area contributed by atoms with Crippen LogP contribution in [0, 0.1) is 5.92 Å². The van der Waals surface area contributed by atoms with E-state index in [2.05, 4.69) is 15.9 Å². The quantitative estimate of drug-likeness (QED) is 0.586. The summed E-state index contributed by atoms with van der Waals surface area (Å²) < 4.78 is 16.2. The highest BCUT2D eigenvalue weighted by molar-refractivity contribution is 7.85. The third-order valence-electron chi connectivity index (χ3n) is 4.34. The zero-order valence-corrected chi connectivity index (χ0v) is 13.2. The Morgan fingerprint density at radius 1 is 1.42 bits per heavy atom. The second-order valence-electron chi connectivity index (χ2n) is 6.84. The molecule has 108 valence electrons. The lowest BCUT2D eigenvalue weighted by Gasteiger charge is -2.52. The summed E-state index contributed by atoms with van der Waals surface area (Å²) in [5.74, 6) is 0.836. The summed E-state index contributed by atoms with van der Waals surface area (Å²) in [6.07, 6.45) is 8.82. The molecule has 2 saturated heterocycles. The second-order valence-corrected chi connectivity index (χ2v) is 8.77. The van der Waals surface area contributed by atoms with Gasteiger partial charge in [-0.05, 0) is 52.4 Å². The van der Waals surface area contributed by atoms with Crippen molar-refractivity contribution in [2.75, 3.05) is 13.1 Å². The van der Waals surface area contributed by atoms with E-state index in [1.807, 2.05) is 33.1 Å². The average Bonchev–Trinajstić information content (AvgIpc) is 2.37. The van der Waals surface area contributed by atoms with Crippen molar-refractivity contribution in [2.45, 2.75) is 56.7 Å². The number of piperidine rings is 2. The standard InChI is InChI=1S/C15H26N2OS/c1-5-10-17-11-13-6-8-15(17,9-7-13)12-16-19(18)14(2,3)4/h5,12-13H,1,6-11H2,2-4H3/b16-12+. The normalized spacial score (nSPS) is 33.7. The minimum absolute atomic E-state index is 0.0316. The molecule has 0 radical (unpaired) electrons. The average molecular weight is 282 g/mol. The molecule has 2 aliphatic heterocycles. The van der Waals surface area contributed by atoms with E-state index in [9.17, 15) is 4.21 Å². The zero-order chi connectivity index (χ0) is 14.1. The van der Waals surface area contributed by atoms with Crippen molar-refractivity contribution in [1.29, 1.82) is 0 Å². The molecule has 3 nitrogen and oxygen atoms in total. The number of nitrogens with zero attached hydrogens (tertiary/aromatic N) is 2. The Bertz CT molecular complexity index is 389. The molecule has 1 aliphatic carbocycles. The van der Waals surface area contributed by atoms with Crippen LogP contribution in [0.4, 0.5) is 0 Å². The summed E-state index contributed by atoms with van der Waals surface area (Å²) in [7, 11) is -1.15. The molecule has 1 unspecified atom stereocenters. The Kier molecular flexibility index (Phi) is 4.31. The van der Waals surface area contributed by atoms with Gasteiger partial charge < -0.3 is 0 Å². The van der Waals surface area contributed by atoms with Gasteiger partial charge in [0.05, 0.1) is 10.3 Å². The van der Waals surface area contributed by atoms with E-state index in [1.165, 1.54) is 12.8 Å². The predicted molar refractivity (Wildman–Crippen MR) is 82.8 cm³/mol.